The van der Waals surface area contributed by atoms with Crippen molar-refractivity contribution >= 4 is 33.7 Å². The minimum Gasteiger partial charge on any atom is -0.480 e. The van der Waals surface area contributed by atoms with Crippen LogP contribution in [0.1, 0.15) is 12.0 Å². The van der Waals surface area contributed by atoms with Gasteiger partial charge in [-0.05, 0) is 17.7 Å². The maximum Gasteiger partial charge on any atom is 0.326 e. The SMILES string of the molecule is O=C(O)[C@H](Cc1ccc(Cl)cc1)N1CC(CS(=O)(=O)F)CC1=O. The highest BCUT2D eigenvalue weighted by atomic mass is 35.5. The minimum atomic E-state index is -4.70. The number of hydrogen-bond donors (Lipinski definition) is 1. The Bertz CT molecular complexity index is 706. The zero-order valence-electron chi connectivity index (χ0n) is 12.0. The molecule has 0 aliphatic carbocycles. The van der Waals surface area contributed by atoms with Gasteiger partial charge in [0, 0.05) is 30.3 Å². The van der Waals surface area contributed by atoms with Gasteiger partial charge in [-0.25, -0.2) is 4.79 Å². The molecular weight excluding hydrogens is 349 g/mol. The van der Waals surface area contributed by atoms with Crippen LogP contribution in [0.15, 0.2) is 24.3 Å². The van der Waals surface area contributed by atoms with E-state index in [2.05, 4.69) is 0 Å². The van der Waals surface area contributed by atoms with Crippen molar-refractivity contribution in [2.75, 3.05) is 12.3 Å². The van der Waals surface area contributed by atoms with E-state index in [0.717, 1.165) is 4.90 Å². The lowest BCUT2D eigenvalue weighted by Gasteiger charge is -2.24. The third-order valence-electron chi connectivity index (χ3n) is 3.68. The van der Waals surface area contributed by atoms with E-state index in [9.17, 15) is 27.0 Å². The Labute approximate surface area is 138 Å². The first kappa shape index (κ1) is 17.7. The summed E-state index contributed by atoms with van der Waals surface area (Å²) in [5, 5.41) is 9.88. The van der Waals surface area contributed by atoms with Crippen LogP contribution in [-0.2, 0) is 26.2 Å². The lowest BCUT2D eigenvalue weighted by Crippen LogP contribution is -2.43. The number of hydrogen-bond acceptors (Lipinski definition) is 4. The maximum atomic E-state index is 12.8. The topological polar surface area (TPSA) is 91.8 Å². The van der Waals surface area contributed by atoms with Gasteiger partial charge in [-0.15, -0.1) is 3.89 Å². The Morgan fingerprint density at radius 3 is 2.52 bits per heavy atom. The lowest BCUT2D eigenvalue weighted by molar-refractivity contribution is -0.148. The Hall–Kier alpha value is -1.67. The van der Waals surface area contributed by atoms with E-state index in [1.807, 2.05) is 0 Å². The summed E-state index contributed by atoms with van der Waals surface area (Å²) in [6.45, 7) is -0.0907. The van der Waals surface area contributed by atoms with Gasteiger partial charge in [0.25, 0.3) is 0 Å². The summed E-state index contributed by atoms with van der Waals surface area (Å²) in [6.07, 6.45) is -0.110. The van der Waals surface area contributed by atoms with Crippen LogP contribution in [0, 0.1) is 5.92 Å². The van der Waals surface area contributed by atoms with Gasteiger partial charge in [-0.3, -0.25) is 4.79 Å². The monoisotopic (exact) mass is 363 g/mol. The summed E-state index contributed by atoms with van der Waals surface area (Å²) < 4.78 is 34.2. The van der Waals surface area contributed by atoms with E-state index in [1.54, 1.807) is 24.3 Å². The first-order chi connectivity index (χ1) is 10.7. The third-order valence-corrected chi connectivity index (χ3v) is 4.80. The van der Waals surface area contributed by atoms with Gasteiger partial charge in [-0.1, -0.05) is 23.7 Å². The molecule has 1 aliphatic rings. The van der Waals surface area contributed by atoms with E-state index in [-0.39, 0.29) is 19.4 Å². The summed E-state index contributed by atoms with van der Waals surface area (Å²) in [4.78, 5) is 24.6. The van der Waals surface area contributed by atoms with Crippen LogP contribution < -0.4 is 0 Å². The molecule has 0 spiro atoms. The zero-order chi connectivity index (χ0) is 17.2. The molecule has 0 aromatic heterocycles. The highest BCUT2D eigenvalue weighted by Gasteiger charge is 2.39. The van der Waals surface area contributed by atoms with Crippen LogP contribution in [0.5, 0.6) is 0 Å². The Balaban J connectivity index is 2.13. The standard InChI is InChI=1S/C14H15ClFNO5S/c15-11-3-1-9(2-4-11)5-12(14(19)20)17-7-10(6-13(17)18)8-23(16,21)22/h1-4,10,12H,5-8H2,(H,19,20)/t10?,12-/m0/s1. The van der Waals surface area contributed by atoms with Crippen molar-refractivity contribution in [3.63, 3.8) is 0 Å². The second kappa shape index (κ2) is 6.84. The third kappa shape index (κ3) is 4.90. The molecule has 1 aliphatic heterocycles. The first-order valence-corrected chi connectivity index (χ1v) is 8.78. The average molecular weight is 364 g/mol. The van der Waals surface area contributed by atoms with Crippen molar-refractivity contribution in [2.24, 2.45) is 5.92 Å². The van der Waals surface area contributed by atoms with Crippen molar-refractivity contribution in [3.05, 3.63) is 34.9 Å². The van der Waals surface area contributed by atoms with Crippen LogP contribution in [0.3, 0.4) is 0 Å². The Kier molecular flexibility index (Phi) is 5.26. The van der Waals surface area contributed by atoms with E-state index >= 15 is 0 Å². The van der Waals surface area contributed by atoms with E-state index < -0.39 is 39.8 Å². The second-order valence-corrected chi connectivity index (χ2v) is 7.35. The molecule has 0 saturated carbocycles. The quantitative estimate of drug-likeness (QED) is 0.773. The fourth-order valence-corrected chi connectivity index (χ4v) is 3.59. The molecule has 2 rings (SSSR count). The number of aliphatic carboxylic acids is 1. The number of carbonyl (C=O) groups excluding carboxylic acids is 1. The molecule has 6 nitrogen and oxygen atoms in total. The fourth-order valence-electron chi connectivity index (χ4n) is 2.68. The van der Waals surface area contributed by atoms with Gasteiger partial charge in [0.2, 0.25) is 5.91 Å². The van der Waals surface area contributed by atoms with Crippen LogP contribution in [-0.4, -0.2) is 48.6 Å². The normalized spacial score (nSPS) is 19.8. The molecule has 1 aromatic rings. The summed E-state index contributed by atoms with van der Waals surface area (Å²) in [6, 6.07) is 5.40. The Morgan fingerprint density at radius 2 is 2.00 bits per heavy atom. The number of nitrogens with zero attached hydrogens (tertiary/aromatic N) is 1. The van der Waals surface area contributed by atoms with Crippen molar-refractivity contribution in [2.45, 2.75) is 18.9 Å². The number of carboxylic acids is 1. The molecule has 1 saturated heterocycles. The average Bonchev–Trinajstić information content (AvgIpc) is 2.76. The molecule has 1 amide bonds. The second-order valence-electron chi connectivity index (χ2n) is 5.51. The molecule has 1 N–H and O–H groups in total. The molecule has 0 radical (unpaired) electrons. The Morgan fingerprint density at radius 1 is 1.39 bits per heavy atom. The minimum absolute atomic E-state index is 0.0628. The van der Waals surface area contributed by atoms with Gasteiger partial charge < -0.3 is 10.0 Å². The van der Waals surface area contributed by atoms with Crippen LogP contribution in [0.25, 0.3) is 0 Å². The predicted octanol–water partition coefficient (Wildman–Crippen LogP) is 1.48. The molecule has 126 valence electrons. The van der Waals surface area contributed by atoms with Gasteiger partial charge in [0.15, 0.2) is 0 Å². The van der Waals surface area contributed by atoms with Crippen LogP contribution in [0.2, 0.25) is 5.02 Å². The molecule has 1 aromatic carbocycles. The van der Waals surface area contributed by atoms with E-state index in [0.29, 0.717) is 10.6 Å². The number of amides is 1. The summed E-state index contributed by atoms with van der Waals surface area (Å²) in [5.74, 6) is -3.19. The molecule has 0 bridgehead atoms. The fraction of sp³-hybridized carbons (Fsp3) is 0.429. The number of carboxylic acid groups (broad SMARTS) is 1. The van der Waals surface area contributed by atoms with Crippen LogP contribution in [0.4, 0.5) is 3.89 Å². The molecule has 1 unspecified atom stereocenters. The largest absolute Gasteiger partial charge is 0.480 e. The molecule has 23 heavy (non-hydrogen) atoms. The number of benzene rings is 1. The number of rotatable bonds is 6. The van der Waals surface area contributed by atoms with Crippen LogP contribution >= 0.6 is 11.6 Å². The van der Waals surface area contributed by atoms with Crippen molar-refractivity contribution in [1.82, 2.24) is 4.90 Å². The maximum absolute atomic E-state index is 12.8. The van der Waals surface area contributed by atoms with Crippen molar-refractivity contribution in [1.29, 1.82) is 0 Å². The highest BCUT2D eigenvalue weighted by molar-refractivity contribution is 7.86. The van der Waals surface area contributed by atoms with Gasteiger partial charge in [0.05, 0.1) is 5.75 Å². The molecule has 2 atom stereocenters. The zero-order valence-corrected chi connectivity index (χ0v) is 13.6. The number of halogens is 2. The van der Waals surface area contributed by atoms with Gasteiger partial charge >= 0.3 is 16.2 Å². The van der Waals surface area contributed by atoms with Gasteiger partial charge in [-0.2, -0.15) is 8.42 Å². The van der Waals surface area contributed by atoms with Crippen molar-refractivity contribution in [3.8, 4) is 0 Å². The predicted molar refractivity (Wildman–Crippen MR) is 81.3 cm³/mol. The summed E-state index contributed by atoms with van der Waals surface area (Å²) >= 11 is 5.77. The molecule has 9 heteroatoms. The molecule has 1 heterocycles. The number of likely N-dealkylation sites (tertiary alicyclic amines) is 1. The van der Waals surface area contributed by atoms with Crippen molar-refractivity contribution < 1.29 is 27.0 Å². The summed E-state index contributed by atoms with van der Waals surface area (Å²) in [7, 11) is -4.70. The van der Waals surface area contributed by atoms with E-state index in [4.69, 9.17) is 11.6 Å². The summed E-state index contributed by atoms with van der Waals surface area (Å²) in [5.41, 5.74) is 0.677. The molecule has 1 fully saturated rings. The highest BCUT2D eigenvalue weighted by Crippen LogP contribution is 2.24. The first-order valence-electron chi connectivity index (χ1n) is 6.85. The molecular formula is C14H15ClFNO5S. The van der Waals surface area contributed by atoms with E-state index in [1.165, 1.54) is 0 Å². The lowest BCUT2D eigenvalue weighted by atomic mass is 10.0. The van der Waals surface area contributed by atoms with Gasteiger partial charge in [0.1, 0.15) is 6.04 Å². The number of carbonyl (C=O) groups is 2. The smallest absolute Gasteiger partial charge is 0.326 e.